The summed E-state index contributed by atoms with van der Waals surface area (Å²) in [5.74, 6) is 1.70. The second-order valence-corrected chi connectivity index (χ2v) is 7.25. The van der Waals surface area contributed by atoms with Gasteiger partial charge in [0.05, 0.1) is 5.88 Å². The molecule has 0 N–H and O–H groups in total. The van der Waals surface area contributed by atoms with Gasteiger partial charge in [-0.15, -0.1) is 11.8 Å². The number of hydrogen-bond acceptors (Lipinski definition) is 3. The van der Waals surface area contributed by atoms with E-state index in [4.69, 9.17) is 0 Å². The highest BCUT2D eigenvalue weighted by atomic mass is 32.2. The zero-order valence-corrected chi connectivity index (χ0v) is 14.3. The summed E-state index contributed by atoms with van der Waals surface area (Å²) >= 11 is 1.69. The van der Waals surface area contributed by atoms with Gasteiger partial charge in [-0.2, -0.15) is 0 Å². The third-order valence-corrected chi connectivity index (χ3v) is 5.62. The molecule has 0 unspecified atom stereocenters. The van der Waals surface area contributed by atoms with Gasteiger partial charge >= 0.3 is 0 Å². The molecule has 2 aliphatic heterocycles. The van der Waals surface area contributed by atoms with Crippen LogP contribution < -0.4 is 0 Å². The molecule has 3 rings (SSSR count). The van der Waals surface area contributed by atoms with Crippen LogP contribution in [0, 0.1) is 0 Å². The number of amides is 2. The van der Waals surface area contributed by atoms with E-state index in [9.17, 15) is 9.59 Å². The van der Waals surface area contributed by atoms with Gasteiger partial charge in [-0.1, -0.05) is 30.3 Å². The Kier molecular flexibility index (Phi) is 5.60. The highest BCUT2D eigenvalue weighted by Crippen LogP contribution is 2.25. The van der Waals surface area contributed by atoms with E-state index in [2.05, 4.69) is 12.1 Å². The van der Waals surface area contributed by atoms with Crippen molar-refractivity contribution in [2.75, 3.05) is 24.7 Å². The molecule has 1 aromatic carbocycles. The predicted octanol–water partition coefficient (Wildman–Crippen LogP) is 2.53. The van der Waals surface area contributed by atoms with Crippen molar-refractivity contribution in [2.24, 2.45) is 0 Å². The molecule has 2 heterocycles. The van der Waals surface area contributed by atoms with Gasteiger partial charge in [0.1, 0.15) is 6.04 Å². The molecule has 1 atom stereocenters. The van der Waals surface area contributed by atoms with Crippen molar-refractivity contribution in [1.29, 1.82) is 0 Å². The van der Waals surface area contributed by atoms with E-state index in [0.29, 0.717) is 12.3 Å². The molecule has 1 aromatic rings. The lowest BCUT2D eigenvalue weighted by atomic mass is 10.1. The molecule has 124 valence electrons. The lowest BCUT2D eigenvalue weighted by Gasteiger charge is -2.27. The van der Waals surface area contributed by atoms with Gasteiger partial charge in [0.2, 0.25) is 11.8 Å². The first kappa shape index (κ1) is 16.4. The Morgan fingerprint density at radius 2 is 1.87 bits per heavy atom. The predicted molar refractivity (Wildman–Crippen MR) is 93.2 cm³/mol. The summed E-state index contributed by atoms with van der Waals surface area (Å²) in [6.07, 6.45) is 4.47. The number of hydrogen-bond donors (Lipinski definition) is 0. The minimum absolute atomic E-state index is 0.128. The number of likely N-dealkylation sites (tertiary alicyclic amines) is 1. The molecule has 2 saturated heterocycles. The molecule has 0 spiro atoms. The summed E-state index contributed by atoms with van der Waals surface area (Å²) in [4.78, 5) is 28.8. The van der Waals surface area contributed by atoms with Crippen LogP contribution in [0.1, 0.15) is 31.2 Å². The molecular formula is C18H24N2O2S. The second-order valence-electron chi connectivity index (χ2n) is 6.25. The van der Waals surface area contributed by atoms with Crippen LogP contribution >= 0.6 is 11.8 Å². The van der Waals surface area contributed by atoms with E-state index in [1.165, 1.54) is 5.56 Å². The summed E-state index contributed by atoms with van der Waals surface area (Å²) in [5, 5.41) is 0. The van der Waals surface area contributed by atoms with Gasteiger partial charge in [-0.3, -0.25) is 9.59 Å². The maximum absolute atomic E-state index is 12.6. The van der Waals surface area contributed by atoms with Crippen molar-refractivity contribution < 1.29 is 9.59 Å². The van der Waals surface area contributed by atoms with Crippen molar-refractivity contribution in [1.82, 2.24) is 9.80 Å². The van der Waals surface area contributed by atoms with Crippen molar-refractivity contribution in [3.63, 3.8) is 0 Å². The molecular weight excluding hydrogens is 308 g/mol. The van der Waals surface area contributed by atoms with Crippen LogP contribution in [0.25, 0.3) is 0 Å². The molecule has 5 heteroatoms. The van der Waals surface area contributed by atoms with Crippen LogP contribution in [0.15, 0.2) is 30.3 Å². The lowest BCUT2D eigenvalue weighted by molar-refractivity contribution is -0.142. The summed E-state index contributed by atoms with van der Waals surface area (Å²) < 4.78 is 0. The molecule has 0 saturated carbocycles. The number of carbonyl (C=O) groups is 2. The Labute approximate surface area is 142 Å². The molecule has 0 bridgehead atoms. The minimum atomic E-state index is -0.234. The van der Waals surface area contributed by atoms with Crippen molar-refractivity contribution in [2.45, 2.75) is 38.1 Å². The topological polar surface area (TPSA) is 40.6 Å². The molecule has 23 heavy (non-hydrogen) atoms. The average molecular weight is 332 g/mol. The van der Waals surface area contributed by atoms with Gasteiger partial charge in [-0.25, -0.2) is 0 Å². The smallest absolute Gasteiger partial charge is 0.246 e. The number of aryl methyl sites for hydroxylation is 1. The maximum Gasteiger partial charge on any atom is 0.246 e. The third-order valence-electron chi connectivity index (χ3n) is 4.60. The number of benzene rings is 1. The first-order valence-electron chi connectivity index (χ1n) is 8.45. The van der Waals surface area contributed by atoms with Gasteiger partial charge in [0.25, 0.3) is 0 Å². The van der Waals surface area contributed by atoms with E-state index < -0.39 is 0 Å². The lowest BCUT2D eigenvalue weighted by Crippen LogP contribution is -2.48. The largest absolute Gasteiger partial charge is 0.341 e. The van der Waals surface area contributed by atoms with Crippen molar-refractivity contribution in [3.8, 4) is 0 Å². The molecule has 2 aliphatic rings. The summed E-state index contributed by atoms with van der Waals surface area (Å²) in [5.41, 5.74) is 1.26. The van der Waals surface area contributed by atoms with Crippen molar-refractivity contribution >= 4 is 23.6 Å². The zero-order valence-electron chi connectivity index (χ0n) is 13.4. The molecule has 0 aromatic heterocycles. The molecule has 2 fully saturated rings. The van der Waals surface area contributed by atoms with Crippen LogP contribution in [0.4, 0.5) is 0 Å². The van der Waals surface area contributed by atoms with E-state index in [-0.39, 0.29) is 17.9 Å². The first-order valence-corrected chi connectivity index (χ1v) is 9.61. The summed E-state index contributed by atoms with van der Waals surface area (Å²) in [7, 11) is 0. The summed E-state index contributed by atoms with van der Waals surface area (Å²) in [6.45, 7) is 1.71. The number of thioether (sulfide) groups is 1. The fourth-order valence-electron chi connectivity index (χ4n) is 3.27. The molecule has 0 radical (unpaired) electrons. The van der Waals surface area contributed by atoms with Gasteiger partial charge < -0.3 is 9.80 Å². The first-order chi connectivity index (χ1) is 11.3. The Balaban J connectivity index is 1.50. The standard InChI is InChI=1S/C18H24N2O2S/c21-17(10-6-9-15-7-2-1-3-8-15)20-14-23-13-16(20)18(22)19-11-4-5-12-19/h1-3,7-8,16H,4-6,9-14H2/t16-/m1/s1. The van der Waals surface area contributed by atoms with E-state index >= 15 is 0 Å². The van der Waals surface area contributed by atoms with E-state index in [1.807, 2.05) is 23.1 Å². The van der Waals surface area contributed by atoms with E-state index in [1.54, 1.807) is 16.7 Å². The van der Waals surface area contributed by atoms with Gasteiger partial charge in [0, 0.05) is 25.3 Å². The Morgan fingerprint density at radius 3 is 2.61 bits per heavy atom. The maximum atomic E-state index is 12.6. The van der Waals surface area contributed by atoms with Crippen LogP contribution in [-0.2, 0) is 16.0 Å². The van der Waals surface area contributed by atoms with Crippen molar-refractivity contribution in [3.05, 3.63) is 35.9 Å². The van der Waals surface area contributed by atoms with E-state index in [0.717, 1.165) is 44.5 Å². The summed E-state index contributed by atoms with van der Waals surface area (Å²) in [6, 6.07) is 10.0. The SMILES string of the molecule is O=C([C@H]1CSCN1C(=O)CCCc1ccccc1)N1CCCC1. The normalized spacial score (nSPS) is 21.0. The molecule has 0 aliphatic carbocycles. The van der Waals surface area contributed by atoms with Crippen LogP contribution in [0.3, 0.4) is 0 Å². The van der Waals surface area contributed by atoms with Crippen LogP contribution in [0.5, 0.6) is 0 Å². The minimum Gasteiger partial charge on any atom is -0.341 e. The average Bonchev–Trinajstić information content (AvgIpc) is 3.27. The highest BCUT2D eigenvalue weighted by Gasteiger charge is 2.37. The monoisotopic (exact) mass is 332 g/mol. The van der Waals surface area contributed by atoms with Crippen LogP contribution in [0.2, 0.25) is 0 Å². The Hall–Kier alpha value is -1.49. The molecule has 4 nitrogen and oxygen atoms in total. The van der Waals surface area contributed by atoms with Gasteiger partial charge in [0.15, 0.2) is 0 Å². The van der Waals surface area contributed by atoms with Crippen LogP contribution in [-0.4, -0.2) is 52.4 Å². The second kappa shape index (κ2) is 7.86. The highest BCUT2D eigenvalue weighted by molar-refractivity contribution is 7.99. The fraction of sp³-hybridized carbons (Fsp3) is 0.556. The Morgan fingerprint density at radius 1 is 1.13 bits per heavy atom. The number of rotatable bonds is 5. The molecule has 2 amide bonds. The van der Waals surface area contributed by atoms with Gasteiger partial charge in [-0.05, 0) is 31.2 Å². The zero-order chi connectivity index (χ0) is 16.1. The third kappa shape index (κ3) is 4.08. The fourth-order valence-corrected chi connectivity index (χ4v) is 4.45. The number of nitrogens with zero attached hydrogens (tertiary/aromatic N) is 2. The Bertz CT molecular complexity index is 543. The quantitative estimate of drug-likeness (QED) is 0.832. The number of carbonyl (C=O) groups excluding carboxylic acids is 2.